The van der Waals surface area contributed by atoms with Gasteiger partial charge < -0.3 is 4.74 Å². The van der Waals surface area contributed by atoms with Crippen LogP contribution in [0.15, 0.2) is 0 Å². The van der Waals surface area contributed by atoms with Crippen molar-refractivity contribution in [2.45, 2.75) is 83.0 Å². The first-order valence-corrected chi connectivity index (χ1v) is 7.97. The molecule has 0 amide bonds. The second-order valence-corrected chi connectivity index (χ2v) is 7.34. The van der Waals surface area contributed by atoms with Gasteiger partial charge in [-0.15, -0.1) is 0 Å². The van der Waals surface area contributed by atoms with E-state index in [-0.39, 0.29) is 0 Å². The van der Waals surface area contributed by atoms with Crippen LogP contribution in [0.3, 0.4) is 0 Å². The molecule has 18 heteroatoms. The van der Waals surface area contributed by atoms with Crippen LogP contribution in [0.2, 0.25) is 0 Å². The molecular weight excluding hydrogens is 498 g/mol. The summed E-state index contributed by atoms with van der Waals surface area (Å²) in [5, 5.41) is 0. The summed E-state index contributed by atoms with van der Waals surface area (Å²) in [6.45, 7) is 2.93. The lowest BCUT2D eigenvalue weighted by molar-refractivity contribution is -0.573. The molecule has 0 fully saturated rings. The van der Waals surface area contributed by atoms with Gasteiger partial charge in [0, 0.05) is 5.92 Å². The fourth-order valence-electron chi connectivity index (χ4n) is 1.35. The zero-order valence-electron chi connectivity index (χ0n) is 16.5. The van der Waals surface area contributed by atoms with Crippen molar-refractivity contribution >= 4 is 0 Å². The Bertz CT molecular complexity index is 642. The van der Waals surface area contributed by atoms with Crippen molar-refractivity contribution in [2.75, 3.05) is 0 Å². The van der Waals surface area contributed by atoms with Crippen molar-refractivity contribution in [1.29, 1.82) is 0 Å². The second-order valence-electron chi connectivity index (χ2n) is 7.34. The monoisotopic (exact) mass is 514 g/mol. The van der Waals surface area contributed by atoms with E-state index in [1.165, 1.54) is 0 Å². The van der Waals surface area contributed by atoms with Crippen molar-refractivity contribution in [1.82, 2.24) is 0 Å². The number of rotatable bonds is 11. The molecule has 0 saturated carbocycles. The summed E-state index contributed by atoms with van der Waals surface area (Å²) in [5.41, 5.74) is -2.22. The largest absolute Gasteiger partial charge is 0.453 e. The smallest absolute Gasteiger partial charge is 0.308 e. The van der Waals surface area contributed by atoms with E-state index in [2.05, 4.69) is 9.47 Å². The Morgan fingerprint density at radius 3 is 0.844 bits per heavy atom. The van der Waals surface area contributed by atoms with E-state index in [1.807, 2.05) is 4.74 Å². The maximum absolute atomic E-state index is 13.3. The topological polar surface area (TPSA) is 36.9 Å². The van der Waals surface area contributed by atoms with Gasteiger partial charge in [0.25, 0.3) is 0 Å². The molecule has 0 rings (SSSR count). The molecule has 0 aromatic heterocycles. The Kier molecular flexibility index (Phi) is 8.27. The van der Waals surface area contributed by atoms with E-state index in [9.17, 15) is 61.5 Å². The van der Waals surface area contributed by atoms with E-state index in [0.29, 0.717) is 34.6 Å². The summed E-state index contributed by atoms with van der Waals surface area (Å²) in [6, 6.07) is 0. The zero-order chi connectivity index (χ0) is 26.4. The van der Waals surface area contributed by atoms with Gasteiger partial charge >= 0.3 is 42.8 Å². The maximum atomic E-state index is 13.3. The lowest BCUT2D eigenvalue weighted by atomic mass is 10.2. The third kappa shape index (κ3) is 7.18. The third-order valence-corrected chi connectivity index (χ3v) is 2.90. The molecule has 4 nitrogen and oxygen atoms in total. The fourth-order valence-corrected chi connectivity index (χ4v) is 1.35. The quantitative estimate of drug-likeness (QED) is 0.289. The van der Waals surface area contributed by atoms with E-state index >= 15 is 0 Å². The van der Waals surface area contributed by atoms with E-state index in [4.69, 9.17) is 0 Å². The zero-order valence-corrected chi connectivity index (χ0v) is 16.5. The highest BCUT2D eigenvalue weighted by molar-refractivity contribution is 4.80. The minimum Gasteiger partial charge on any atom is -0.308 e. The van der Waals surface area contributed by atoms with Crippen molar-refractivity contribution in [3.05, 3.63) is 0 Å². The molecule has 0 atom stereocenters. The third-order valence-electron chi connectivity index (χ3n) is 2.90. The van der Waals surface area contributed by atoms with Crippen LogP contribution in [0.5, 0.6) is 0 Å². The lowest BCUT2D eigenvalue weighted by Gasteiger charge is -2.36. The van der Waals surface area contributed by atoms with Crippen molar-refractivity contribution in [2.24, 2.45) is 5.92 Å². The minimum absolute atomic E-state index is 0.438. The fraction of sp³-hybridized carbons (Fsp3) is 1.00. The van der Waals surface area contributed by atoms with Gasteiger partial charge in [-0.3, -0.25) is 0 Å². The van der Waals surface area contributed by atoms with Gasteiger partial charge in [-0.05, 0) is 20.8 Å². The van der Waals surface area contributed by atoms with Crippen LogP contribution in [0, 0.1) is 5.92 Å². The summed E-state index contributed by atoms with van der Waals surface area (Å²) >= 11 is 0. The summed E-state index contributed by atoms with van der Waals surface area (Å²) < 4.78 is 195. The molecule has 0 aliphatic rings. The Morgan fingerprint density at radius 2 is 0.625 bits per heavy atom. The summed E-state index contributed by atoms with van der Waals surface area (Å²) in [4.78, 5) is 0. The molecule has 0 aromatic carbocycles. The highest BCUT2D eigenvalue weighted by Gasteiger charge is 2.76. The predicted octanol–water partition coefficient (Wildman–Crippen LogP) is 6.66. The molecular formula is C14H16F14O4. The maximum Gasteiger partial charge on any atom is 0.453 e. The number of hydrogen-bond acceptors (Lipinski definition) is 4. The van der Waals surface area contributed by atoms with Crippen LogP contribution in [0.4, 0.5) is 61.5 Å². The molecule has 0 saturated heterocycles. The first-order valence-electron chi connectivity index (χ1n) is 7.97. The van der Waals surface area contributed by atoms with Crippen LogP contribution < -0.4 is 0 Å². The second kappa shape index (κ2) is 8.57. The van der Waals surface area contributed by atoms with Gasteiger partial charge in [0.15, 0.2) is 0 Å². The normalized spacial score (nSPS) is 16.1. The molecule has 0 N–H and O–H groups in total. The minimum atomic E-state index is -7.22. The molecule has 194 valence electrons. The predicted molar refractivity (Wildman–Crippen MR) is 73.6 cm³/mol. The van der Waals surface area contributed by atoms with Gasteiger partial charge in [0.2, 0.25) is 0 Å². The van der Waals surface area contributed by atoms with Crippen LogP contribution in [0.25, 0.3) is 0 Å². The van der Waals surface area contributed by atoms with Crippen molar-refractivity contribution in [3.8, 4) is 0 Å². The molecule has 0 bridgehead atoms. The molecule has 32 heavy (non-hydrogen) atoms. The molecule has 0 radical (unpaired) electrons. The van der Waals surface area contributed by atoms with E-state index in [0.717, 1.165) is 0 Å². The van der Waals surface area contributed by atoms with E-state index in [1.54, 1.807) is 4.74 Å². The first-order chi connectivity index (χ1) is 13.5. The Balaban J connectivity index is 5.84. The molecule has 0 aromatic rings. The molecule has 0 heterocycles. The van der Waals surface area contributed by atoms with Gasteiger partial charge in [-0.1, -0.05) is 13.8 Å². The molecule has 0 aliphatic carbocycles. The van der Waals surface area contributed by atoms with Gasteiger partial charge in [0.1, 0.15) is 0 Å². The summed E-state index contributed by atoms with van der Waals surface area (Å²) in [6.07, 6.45) is -46.1. The molecule has 0 aliphatic heterocycles. The average molecular weight is 514 g/mol. The van der Waals surface area contributed by atoms with Gasteiger partial charge in [-0.25, -0.2) is 14.2 Å². The lowest BCUT2D eigenvalue weighted by Crippen LogP contribution is -2.60. The Hall–Kier alpha value is -1.14. The summed E-state index contributed by atoms with van der Waals surface area (Å²) in [7, 11) is 0. The number of alkyl halides is 14. The van der Waals surface area contributed by atoms with E-state index < -0.39 is 54.3 Å². The Labute approximate surface area is 170 Å². The Morgan fingerprint density at radius 1 is 0.406 bits per heavy atom. The standard InChI is InChI=1S/C14H16F14O4/c1-6(2)8(15,16)30-10(19,20)12(23,24)32-14(27,28)13(25,26)31-11(21,22)9(17,18)29-7(3,4)5/h6H,1-5H3. The number of hydrogen-bond donors (Lipinski definition) is 0. The van der Waals surface area contributed by atoms with Crippen LogP contribution in [-0.2, 0) is 18.9 Å². The van der Waals surface area contributed by atoms with Gasteiger partial charge in [0.05, 0.1) is 5.60 Å². The highest BCUT2D eigenvalue weighted by atomic mass is 19.4. The molecule has 0 spiro atoms. The highest BCUT2D eigenvalue weighted by Crippen LogP contribution is 2.51. The number of halogens is 14. The van der Waals surface area contributed by atoms with Crippen LogP contribution in [-0.4, -0.2) is 48.4 Å². The van der Waals surface area contributed by atoms with Crippen LogP contribution >= 0.6 is 0 Å². The number of ether oxygens (including phenoxy) is 4. The van der Waals surface area contributed by atoms with Crippen molar-refractivity contribution in [3.63, 3.8) is 0 Å². The summed E-state index contributed by atoms with van der Waals surface area (Å²) in [5.74, 6) is -2.28. The van der Waals surface area contributed by atoms with Crippen molar-refractivity contribution < 1.29 is 80.4 Å². The van der Waals surface area contributed by atoms with Crippen LogP contribution in [0.1, 0.15) is 34.6 Å². The first kappa shape index (κ1) is 30.9. The SMILES string of the molecule is CC(C)C(F)(F)OC(F)(F)C(F)(F)OC(F)(F)C(F)(F)OC(F)(F)C(F)(F)OC(C)(C)C. The molecule has 0 unspecified atom stereocenters. The van der Waals surface area contributed by atoms with Gasteiger partial charge in [-0.2, -0.15) is 61.5 Å². The average Bonchev–Trinajstić information content (AvgIpc) is 2.40.